The van der Waals surface area contributed by atoms with Crippen molar-refractivity contribution in [1.82, 2.24) is 4.72 Å². The summed E-state index contributed by atoms with van der Waals surface area (Å²) in [6.45, 7) is 3.42. The number of benzene rings is 1. The van der Waals surface area contributed by atoms with Gasteiger partial charge in [-0.2, -0.15) is 0 Å². The van der Waals surface area contributed by atoms with Crippen LogP contribution in [0.15, 0.2) is 23.1 Å². The molecule has 0 saturated heterocycles. The van der Waals surface area contributed by atoms with Gasteiger partial charge in [0.05, 0.1) is 4.90 Å². The molecule has 0 aliphatic rings. The number of amides is 1. The zero-order valence-corrected chi connectivity index (χ0v) is 12.4. The van der Waals surface area contributed by atoms with Gasteiger partial charge in [0.2, 0.25) is 15.9 Å². The summed E-state index contributed by atoms with van der Waals surface area (Å²) >= 11 is 0. The first kappa shape index (κ1) is 16.6. The number of aliphatic hydroxyl groups is 1. The predicted molar refractivity (Wildman–Crippen MR) is 75.8 cm³/mol. The van der Waals surface area contributed by atoms with Crippen molar-refractivity contribution >= 4 is 15.9 Å². The molecule has 1 atom stereocenters. The van der Waals surface area contributed by atoms with E-state index >= 15 is 0 Å². The van der Waals surface area contributed by atoms with Gasteiger partial charge in [0.25, 0.3) is 0 Å². The number of hydrogen-bond donors (Lipinski definition) is 3. The molecular weight excluding hydrogens is 280 g/mol. The maximum absolute atomic E-state index is 12.2. The van der Waals surface area contributed by atoms with Gasteiger partial charge in [-0.1, -0.05) is 13.0 Å². The van der Waals surface area contributed by atoms with E-state index in [4.69, 9.17) is 10.8 Å². The van der Waals surface area contributed by atoms with Gasteiger partial charge in [-0.05, 0) is 37.5 Å². The molecular formula is C13H20N2O4S. The standard InChI is InChI=1S/C13H20N2O4S/c1-3-10(6-7-16)15-20(18,19)11-5-4-9(2)12(8-11)13(14)17/h4-5,8,10,15-16H,3,6-7H2,1-2H3,(H2,14,17). The summed E-state index contributed by atoms with van der Waals surface area (Å²) in [6.07, 6.45) is 0.901. The van der Waals surface area contributed by atoms with Crippen molar-refractivity contribution in [3.63, 3.8) is 0 Å². The number of rotatable bonds is 7. The van der Waals surface area contributed by atoms with Crippen molar-refractivity contribution in [3.8, 4) is 0 Å². The fraction of sp³-hybridized carbons (Fsp3) is 0.462. The number of nitrogens with two attached hydrogens (primary N) is 1. The van der Waals surface area contributed by atoms with Gasteiger partial charge in [-0.3, -0.25) is 4.79 Å². The molecule has 4 N–H and O–H groups in total. The van der Waals surface area contributed by atoms with Crippen molar-refractivity contribution in [3.05, 3.63) is 29.3 Å². The highest BCUT2D eigenvalue weighted by molar-refractivity contribution is 7.89. The van der Waals surface area contributed by atoms with Gasteiger partial charge in [0, 0.05) is 18.2 Å². The Bertz CT molecular complexity index is 584. The highest BCUT2D eigenvalue weighted by Gasteiger charge is 2.20. The third-order valence-corrected chi connectivity index (χ3v) is 4.60. The van der Waals surface area contributed by atoms with Crippen molar-refractivity contribution < 1.29 is 18.3 Å². The maximum atomic E-state index is 12.2. The van der Waals surface area contributed by atoms with Crippen LogP contribution in [0.1, 0.15) is 35.7 Å². The van der Waals surface area contributed by atoms with Crippen molar-refractivity contribution in [2.45, 2.75) is 37.6 Å². The van der Waals surface area contributed by atoms with Gasteiger partial charge in [0.1, 0.15) is 0 Å². The lowest BCUT2D eigenvalue weighted by Gasteiger charge is -2.16. The summed E-state index contributed by atoms with van der Waals surface area (Å²) in [5.41, 5.74) is 6.02. The molecule has 112 valence electrons. The fourth-order valence-electron chi connectivity index (χ4n) is 1.82. The molecule has 20 heavy (non-hydrogen) atoms. The Kier molecular flexibility index (Phi) is 5.67. The Balaban J connectivity index is 3.09. The molecule has 0 heterocycles. The van der Waals surface area contributed by atoms with E-state index in [-0.39, 0.29) is 23.1 Å². The molecule has 0 aromatic heterocycles. The number of hydrogen-bond acceptors (Lipinski definition) is 4. The molecule has 1 aromatic carbocycles. The molecule has 1 unspecified atom stereocenters. The lowest BCUT2D eigenvalue weighted by Crippen LogP contribution is -2.35. The molecule has 0 fully saturated rings. The third-order valence-electron chi connectivity index (χ3n) is 3.08. The summed E-state index contributed by atoms with van der Waals surface area (Å²) in [6, 6.07) is 3.90. The topological polar surface area (TPSA) is 109 Å². The normalized spacial score (nSPS) is 13.2. The molecule has 0 aliphatic heterocycles. The average molecular weight is 300 g/mol. The van der Waals surface area contributed by atoms with E-state index in [1.54, 1.807) is 13.0 Å². The number of carbonyl (C=O) groups excluding carboxylic acids is 1. The largest absolute Gasteiger partial charge is 0.396 e. The maximum Gasteiger partial charge on any atom is 0.249 e. The Morgan fingerprint density at radius 3 is 2.60 bits per heavy atom. The zero-order valence-electron chi connectivity index (χ0n) is 11.6. The molecule has 0 radical (unpaired) electrons. The van der Waals surface area contributed by atoms with E-state index in [2.05, 4.69) is 4.72 Å². The lowest BCUT2D eigenvalue weighted by atomic mass is 10.1. The predicted octanol–water partition coefficient (Wildman–Crippen LogP) is 0.533. The molecule has 0 aliphatic carbocycles. The first-order chi connectivity index (χ1) is 9.31. The van der Waals surface area contributed by atoms with Crippen molar-refractivity contribution in [1.29, 1.82) is 0 Å². The van der Waals surface area contributed by atoms with E-state index in [1.165, 1.54) is 12.1 Å². The van der Waals surface area contributed by atoms with Crippen LogP contribution in [0.3, 0.4) is 0 Å². The van der Waals surface area contributed by atoms with Gasteiger partial charge in [-0.15, -0.1) is 0 Å². The smallest absolute Gasteiger partial charge is 0.249 e. The summed E-state index contributed by atoms with van der Waals surface area (Å²) in [4.78, 5) is 11.2. The Morgan fingerprint density at radius 2 is 2.10 bits per heavy atom. The van der Waals surface area contributed by atoms with Crippen LogP contribution in [0.2, 0.25) is 0 Å². The van der Waals surface area contributed by atoms with Crippen LogP contribution in [0.4, 0.5) is 0 Å². The Hall–Kier alpha value is -1.44. The van der Waals surface area contributed by atoms with E-state index in [0.29, 0.717) is 18.4 Å². The minimum atomic E-state index is -3.74. The van der Waals surface area contributed by atoms with E-state index in [1.807, 2.05) is 6.92 Å². The monoisotopic (exact) mass is 300 g/mol. The Labute approximate surface area is 119 Å². The van der Waals surface area contributed by atoms with Crippen molar-refractivity contribution in [2.24, 2.45) is 5.73 Å². The van der Waals surface area contributed by atoms with Gasteiger partial charge < -0.3 is 10.8 Å². The quantitative estimate of drug-likeness (QED) is 0.682. The first-order valence-corrected chi connectivity index (χ1v) is 7.83. The second-order valence-corrected chi connectivity index (χ2v) is 6.29. The van der Waals surface area contributed by atoms with E-state index in [9.17, 15) is 13.2 Å². The zero-order chi connectivity index (χ0) is 15.3. The highest BCUT2D eigenvalue weighted by Crippen LogP contribution is 2.16. The summed E-state index contributed by atoms with van der Waals surface area (Å²) in [5, 5.41) is 8.89. The number of carbonyl (C=O) groups is 1. The number of nitrogens with one attached hydrogen (secondary N) is 1. The molecule has 7 heteroatoms. The van der Waals surface area contributed by atoms with Crippen LogP contribution in [0, 0.1) is 6.92 Å². The SMILES string of the molecule is CCC(CCO)NS(=O)(=O)c1ccc(C)c(C(N)=O)c1. The molecule has 6 nitrogen and oxygen atoms in total. The van der Waals surface area contributed by atoms with E-state index < -0.39 is 15.9 Å². The van der Waals surface area contributed by atoms with Crippen LogP contribution in [0.5, 0.6) is 0 Å². The number of sulfonamides is 1. The summed E-state index contributed by atoms with van der Waals surface area (Å²) in [7, 11) is -3.74. The van der Waals surface area contributed by atoms with E-state index in [0.717, 1.165) is 0 Å². The van der Waals surface area contributed by atoms with Crippen LogP contribution in [-0.4, -0.2) is 32.1 Å². The number of aliphatic hydroxyl groups excluding tert-OH is 1. The minimum Gasteiger partial charge on any atom is -0.396 e. The fourth-order valence-corrected chi connectivity index (χ4v) is 3.20. The second kappa shape index (κ2) is 6.83. The number of aryl methyl sites for hydroxylation is 1. The second-order valence-electron chi connectivity index (χ2n) is 4.58. The van der Waals surface area contributed by atoms with Gasteiger partial charge in [-0.25, -0.2) is 13.1 Å². The van der Waals surface area contributed by atoms with Gasteiger partial charge >= 0.3 is 0 Å². The summed E-state index contributed by atoms with van der Waals surface area (Å²) in [5.74, 6) is -0.665. The molecule has 0 spiro atoms. The molecule has 1 rings (SSSR count). The molecule has 1 amide bonds. The third kappa shape index (κ3) is 4.03. The van der Waals surface area contributed by atoms with Crippen LogP contribution in [-0.2, 0) is 10.0 Å². The van der Waals surface area contributed by atoms with Gasteiger partial charge in [0.15, 0.2) is 0 Å². The van der Waals surface area contributed by atoms with Crippen LogP contribution in [0.25, 0.3) is 0 Å². The van der Waals surface area contributed by atoms with Crippen LogP contribution < -0.4 is 10.5 Å². The summed E-state index contributed by atoms with van der Waals surface area (Å²) < 4.78 is 26.9. The molecule has 0 saturated carbocycles. The number of primary amides is 1. The first-order valence-electron chi connectivity index (χ1n) is 6.35. The highest BCUT2D eigenvalue weighted by atomic mass is 32.2. The van der Waals surface area contributed by atoms with Crippen molar-refractivity contribution in [2.75, 3.05) is 6.61 Å². The lowest BCUT2D eigenvalue weighted by molar-refractivity contribution is 0.0999. The van der Waals surface area contributed by atoms with Crippen LogP contribution >= 0.6 is 0 Å². The Morgan fingerprint density at radius 1 is 1.45 bits per heavy atom. The average Bonchev–Trinajstić information content (AvgIpc) is 2.37. The minimum absolute atomic E-state index is 0.00621. The molecule has 1 aromatic rings. The molecule has 0 bridgehead atoms.